The van der Waals surface area contributed by atoms with Gasteiger partial charge in [0.15, 0.2) is 0 Å². The summed E-state index contributed by atoms with van der Waals surface area (Å²) in [6.07, 6.45) is 1.07. The molecule has 0 saturated carbocycles. The first-order valence-electron chi connectivity index (χ1n) is 6.36. The molecule has 0 aliphatic carbocycles. The fraction of sp³-hybridized carbons (Fsp3) is 0.538. The van der Waals surface area contributed by atoms with Crippen LogP contribution in [0.15, 0.2) is 27.6 Å². The van der Waals surface area contributed by atoms with Gasteiger partial charge in [-0.05, 0) is 36.5 Å². The maximum absolute atomic E-state index is 12.7. The van der Waals surface area contributed by atoms with Gasteiger partial charge in [-0.3, -0.25) is 0 Å². The van der Waals surface area contributed by atoms with Crippen LogP contribution in [0.5, 0.6) is 0 Å². The summed E-state index contributed by atoms with van der Waals surface area (Å²) < 4.78 is 27.6. The van der Waals surface area contributed by atoms with Crippen molar-refractivity contribution in [3.8, 4) is 0 Å². The van der Waals surface area contributed by atoms with Crippen LogP contribution in [0.25, 0.3) is 0 Å². The lowest BCUT2D eigenvalue weighted by Gasteiger charge is -2.34. The first kappa shape index (κ1) is 14.8. The van der Waals surface area contributed by atoms with Crippen molar-refractivity contribution in [3.05, 3.63) is 22.7 Å². The molecular weight excluding hydrogens is 328 g/mol. The molecule has 6 heteroatoms. The Balaban J connectivity index is 2.39. The molecule has 1 aromatic carbocycles. The Hall–Kier alpha value is -0.590. The Kier molecular flexibility index (Phi) is 4.23. The van der Waals surface area contributed by atoms with E-state index in [1.54, 1.807) is 22.5 Å². The monoisotopic (exact) mass is 346 g/mol. The summed E-state index contributed by atoms with van der Waals surface area (Å²) in [4.78, 5) is 0.197. The van der Waals surface area contributed by atoms with E-state index in [2.05, 4.69) is 29.8 Å². The fourth-order valence-corrected chi connectivity index (χ4v) is 5.01. The van der Waals surface area contributed by atoms with Crippen LogP contribution >= 0.6 is 15.9 Å². The molecule has 1 aromatic rings. The van der Waals surface area contributed by atoms with E-state index >= 15 is 0 Å². The van der Waals surface area contributed by atoms with Crippen LogP contribution in [-0.4, -0.2) is 25.8 Å². The van der Waals surface area contributed by atoms with Crippen molar-refractivity contribution < 1.29 is 8.42 Å². The quantitative estimate of drug-likeness (QED) is 0.837. The van der Waals surface area contributed by atoms with Crippen LogP contribution in [0.2, 0.25) is 0 Å². The molecule has 0 bridgehead atoms. The van der Waals surface area contributed by atoms with Gasteiger partial charge in [-0.25, -0.2) is 8.42 Å². The Bertz CT molecular complexity index is 564. The number of benzene rings is 1. The molecule has 2 atom stereocenters. The van der Waals surface area contributed by atoms with Gasteiger partial charge in [0.2, 0.25) is 10.0 Å². The molecule has 2 N–H and O–H groups in total. The standard InChI is InChI=1S/C13H19BrN2O2S/c1-9-5-10(2)8-16(7-9)19(17,18)13-6-11(14)3-4-12(13)15/h3-4,6,9-10H,5,7-8,15H2,1-2H3. The van der Waals surface area contributed by atoms with Gasteiger partial charge in [-0.1, -0.05) is 29.8 Å². The summed E-state index contributed by atoms with van der Waals surface area (Å²) in [5.41, 5.74) is 6.12. The molecule has 0 aromatic heterocycles. The van der Waals surface area contributed by atoms with Gasteiger partial charge < -0.3 is 5.73 Å². The van der Waals surface area contributed by atoms with Gasteiger partial charge in [0.1, 0.15) is 4.90 Å². The Labute approximate surface area is 123 Å². The number of halogens is 1. The highest BCUT2D eigenvalue weighted by Crippen LogP contribution is 2.30. The number of hydrogen-bond acceptors (Lipinski definition) is 3. The van der Waals surface area contributed by atoms with E-state index in [4.69, 9.17) is 5.73 Å². The summed E-state index contributed by atoms with van der Waals surface area (Å²) in [7, 11) is -3.50. The average molecular weight is 347 g/mol. The van der Waals surface area contributed by atoms with Crippen LogP contribution in [0.1, 0.15) is 20.3 Å². The van der Waals surface area contributed by atoms with Crippen LogP contribution < -0.4 is 5.73 Å². The Morgan fingerprint density at radius 2 is 1.84 bits per heavy atom. The van der Waals surface area contributed by atoms with Gasteiger partial charge in [-0.2, -0.15) is 4.31 Å². The first-order valence-corrected chi connectivity index (χ1v) is 8.59. The summed E-state index contributed by atoms with van der Waals surface area (Å²) in [5.74, 6) is 0.763. The van der Waals surface area contributed by atoms with Crippen molar-refractivity contribution in [1.82, 2.24) is 4.31 Å². The second-order valence-corrected chi connectivity index (χ2v) is 8.27. The molecule has 0 amide bonds. The number of rotatable bonds is 2. The van der Waals surface area contributed by atoms with Crippen molar-refractivity contribution in [1.29, 1.82) is 0 Å². The number of nitrogens with zero attached hydrogens (tertiary/aromatic N) is 1. The lowest BCUT2D eigenvalue weighted by Crippen LogP contribution is -2.42. The summed E-state index contributed by atoms with van der Waals surface area (Å²) in [5, 5.41) is 0. The number of sulfonamides is 1. The van der Waals surface area contributed by atoms with Gasteiger partial charge in [0.05, 0.1) is 5.69 Å². The molecule has 2 unspecified atom stereocenters. The van der Waals surface area contributed by atoms with Gasteiger partial charge in [0.25, 0.3) is 0 Å². The maximum atomic E-state index is 12.7. The van der Waals surface area contributed by atoms with E-state index in [1.807, 2.05) is 0 Å². The minimum Gasteiger partial charge on any atom is -0.398 e. The van der Waals surface area contributed by atoms with Crippen LogP contribution in [0.4, 0.5) is 5.69 Å². The van der Waals surface area contributed by atoms with Crippen LogP contribution in [0.3, 0.4) is 0 Å². The molecule has 4 nitrogen and oxygen atoms in total. The smallest absolute Gasteiger partial charge is 0.245 e. The van der Waals surface area contributed by atoms with Gasteiger partial charge in [0, 0.05) is 17.6 Å². The molecule has 1 fully saturated rings. The third kappa shape index (κ3) is 3.12. The zero-order chi connectivity index (χ0) is 14.2. The molecule has 1 aliphatic heterocycles. The van der Waals surface area contributed by atoms with E-state index in [-0.39, 0.29) is 4.90 Å². The maximum Gasteiger partial charge on any atom is 0.245 e. The van der Waals surface area contributed by atoms with E-state index in [1.165, 1.54) is 0 Å². The Morgan fingerprint density at radius 1 is 1.26 bits per heavy atom. The van der Waals surface area contributed by atoms with Crippen molar-refractivity contribution in [2.75, 3.05) is 18.8 Å². The zero-order valence-corrected chi connectivity index (χ0v) is 13.5. The zero-order valence-electron chi connectivity index (χ0n) is 11.1. The minimum absolute atomic E-state index is 0.197. The highest BCUT2D eigenvalue weighted by atomic mass is 79.9. The molecule has 1 heterocycles. The summed E-state index contributed by atoms with van der Waals surface area (Å²) in [6, 6.07) is 4.94. The predicted octanol–water partition coefficient (Wildman–Crippen LogP) is 2.70. The first-order chi connectivity index (χ1) is 8.80. The summed E-state index contributed by atoms with van der Waals surface area (Å²) in [6.45, 7) is 5.31. The molecule has 0 spiro atoms. The van der Waals surface area contributed by atoms with Crippen LogP contribution in [0, 0.1) is 11.8 Å². The van der Waals surface area contributed by atoms with Crippen LogP contribution in [-0.2, 0) is 10.0 Å². The molecule has 1 aliphatic rings. The minimum atomic E-state index is -3.50. The number of anilines is 1. The van der Waals surface area contributed by atoms with Crippen molar-refractivity contribution in [3.63, 3.8) is 0 Å². The molecule has 0 radical (unpaired) electrons. The largest absolute Gasteiger partial charge is 0.398 e. The van der Waals surface area contributed by atoms with Crippen molar-refractivity contribution in [2.45, 2.75) is 25.2 Å². The highest BCUT2D eigenvalue weighted by Gasteiger charge is 2.32. The molecule has 2 rings (SSSR count). The van der Waals surface area contributed by atoms with Gasteiger partial charge in [-0.15, -0.1) is 0 Å². The lowest BCUT2D eigenvalue weighted by molar-refractivity contribution is 0.222. The fourth-order valence-electron chi connectivity index (χ4n) is 2.67. The van der Waals surface area contributed by atoms with Crippen molar-refractivity contribution in [2.24, 2.45) is 11.8 Å². The van der Waals surface area contributed by atoms with Gasteiger partial charge >= 0.3 is 0 Å². The topological polar surface area (TPSA) is 63.4 Å². The second kappa shape index (κ2) is 5.42. The molecule has 1 saturated heterocycles. The predicted molar refractivity (Wildman–Crippen MR) is 80.3 cm³/mol. The number of nitrogens with two attached hydrogens (primary N) is 1. The Morgan fingerprint density at radius 3 is 2.42 bits per heavy atom. The number of hydrogen-bond donors (Lipinski definition) is 1. The van der Waals surface area contributed by atoms with Crippen molar-refractivity contribution >= 4 is 31.6 Å². The van der Waals surface area contributed by atoms with E-state index < -0.39 is 10.0 Å². The number of nitrogen functional groups attached to an aromatic ring is 1. The number of piperidine rings is 1. The van der Waals surface area contributed by atoms with E-state index in [0.717, 1.165) is 10.9 Å². The summed E-state index contributed by atoms with van der Waals surface area (Å²) >= 11 is 3.30. The molecular formula is C13H19BrN2O2S. The van der Waals surface area contributed by atoms with E-state index in [9.17, 15) is 8.42 Å². The SMILES string of the molecule is CC1CC(C)CN(S(=O)(=O)c2cc(Br)ccc2N)C1. The van der Waals surface area contributed by atoms with E-state index in [0.29, 0.717) is 30.6 Å². The molecule has 106 valence electrons. The average Bonchev–Trinajstić information content (AvgIpc) is 2.31. The normalized spacial score (nSPS) is 25.4. The lowest BCUT2D eigenvalue weighted by atomic mass is 9.94. The third-order valence-electron chi connectivity index (χ3n) is 3.43. The highest BCUT2D eigenvalue weighted by molar-refractivity contribution is 9.10. The second-order valence-electron chi connectivity index (χ2n) is 5.45. The third-order valence-corrected chi connectivity index (χ3v) is 5.81. The molecule has 19 heavy (non-hydrogen) atoms.